The van der Waals surface area contributed by atoms with Gasteiger partial charge in [0.05, 0.1) is 12.6 Å². The van der Waals surface area contributed by atoms with Crippen molar-refractivity contribution in [2.24, 2.45) is 5.41 Å². The maximum atomic E-state index is 14.2. The van der Waals surface area contributed by atoms with Crippen molar-refractivity contribution in [1.29, 1.82) is 0 Å². The average molecular weight is 447 g/mol. The largest absolute Gasteiger partial charge is 0.465 e. The van der Waals surface area contributed by atoms with Crippen molar-refractivity contribution in [2.45, 2.75) is 53.2 Å². The Morgan fingerprint density at radius 3 is 2.28 bits per heavy atom. The van der Waals surface area contributed by atoms with Crippen molar-refractivity contribution in [1.82, 2.24) is 9.80 Å². The van der Waals surface area contributed by atoms with Crippen LogP contribution in [0.3, 0.4) is 0 Å². The highest BCUT2D eigenvalue weighted by molar-refractivity contribution is 5.79. The molecule has 1 amide bonds. The quantitative estimate of drug-likeness (QED) is 0.501. The van der Waals surface area contributed by atoms with Gasteiger partial charge in [-0.25, -0.2) is 9.18 Å². The summed E-state index contributed by atoms with van der Waals surface area (Å²) in [5.41, 5.74) is -0.0622. The third-order valence-electron chi connectivity index (χ3n) is 5.17. The standard InChI is InChI=1S/C25H35FN2O4/c1-7-31-22(29)25(5,6)13-12-19-10-8-9-11-20(19)21(18-26)27-14-16-28(17-15-27)23(30)32-24(2,3)4/h8-11,21H,7,14-18H2,1-6H3. The van der Waals surface area contributed by atoms with Gasteiger partial charge in [-0.2, -0.15) is 0 Å². The summed E-state index contributed by atoms with van der Waals surface area (Å²) in [4.78, 5) is 28.1. The molecule has 1 unspecified atom stereocenters. The van der Waals surface area contributed by atoms with Crippen molar-refractivity contribution in [2.75, 3.05) is 39.5 Å². The second-order valence-corrected chi connectivity index (χ2v) is 9.36. The Hall–Kier alpha value is -2.59. The first-order valence-corrected chi connectivity index (χ1v) is 11.1. The van der Waals surface area contributed by atoms with Gasteiger partial charge in [0.1, 0.15) is 17.7 Å². The van der Waals surface area contributed by atoms with E-state index in [0.29, 0.717) is 38.3 Å². The summed E-state index contributed by atoms with van der Waals surface area (Å²) >= 11 is 0. The minimum Gasteiger partial charge on any atom is -0.465 e. The topological polar surface area (TPSA) is 59.1 Å². The Balaban J connectivity index is 2.16. The summed E-state index contributed by atoms with van der Waals surface area (Å²) in [6, 6.07) is 6.93. The van der Waals surface area contributed by atoms with E-state index in [2.05, 4.69) is 11.8 Å². The Morgan fingerprint density at radius 2 is 1.72 bits per heavy atom. The van der Waals surface area contributed by atoms with Gasteiger partial charge in [0.25, 0.3) is 0 Å². The van der Waals surface area contributed by atoms with E-state index in [1.165, 1.54) is 0 Å². The Labute approximate surface area is 191 Å². The fraction of sp³-hybridized carbons (Fsp3) is 0.600. The highest BCUT2D eigenvalue weighted by Crippen LogP contribution is 2.27. The zero-order chi connectivity index (χ0) is 23.9. The van der Waals surface area contributed by atoms with Crippen molar-refractivity contribution in [3.63, 3.8) is 0 Å². The molecule has 1 atom stereocenters. The summed E-state index contributed by atoms with van der Waals surface area (Å²) in [5, 5.41) is 0. The normalized spacial score (nSPS) is 16.0. The van der Waals surface area contributed by atoms with E-state index in [1.54, 1.807) is 25.7 Å². The fourth-order valence-corrected chi connectivity index (χ4v) is 3.41. The lowest BCUT2D eigenvalue weighted by atomic mass is 9.93. The van der Waals surface area contributed by atoms with Crippen LogP contribution in [0.2, 0.25) is 0 Å². The zero-order valence-electron chi connectivity index (χ0n) is 20.0. The highest BCUT2D eigenvalue weighted by atomic mass is 19.1. The second kappa shape index (κ2) is 10.8. The van der Waals surface area contributed by atoms with Gasteiger partial charge in [-0.1, -0.05) is 30.0 Å². The number of rotatable bonds is 5. The van der Waals surface area contributed by atoms with Crippen LogP contribution in [0.5, 0.6) is 0 Å². The van der Waals surface area contributed by atoms with Gasteiger partial charge in [0.15, 0.2) is 0 Å². The molecule has 1 heterocycles. The molecule has 0 aliphatic carbocycles. The average Bonchev–Trinajstić information content (AvgIpc) is 2.73. The Bertz CT molecular complexity index is 859. The predicted octanol–water partition coefficient (Wildman–Crippen LogP) is 4.19. The van der Waals surface area contributed by atoms with Crippen LogP contribution in [-0.4, -0.2) is 66.9 Å². The molecular formula is C25H35FN2O4. The number of esters is 1. The van der Waals surface area contributed by atoms with Crippen LogP contribution in [0, 0.1) is 17.3 Å². The maximum absolute atomic E-state index is 14.2. The molecule has 0 spiro atoms. The van der Waals surface area contributed by atoms with E-state index in [4.69, 9.17) is 9.47 Å². The number of hydrogen-bond acceptors (Lipinski definition) is 5. The fourth-order valence-electron chi connectivity index (χ4n) is 3.41. The molecule has 0 radical (unpaired) electrons. The number of ether oxygens (including phenoxy) is 2. The second-order valence-electron chi connectivity index (χ2n) is 9.36. The van der Waals surface area contributed by atoms with Crippen LogP contribution in [0.4, 0.5) is 9.18 Å². The minimum atomic E-state index is -0.965. The van der Waals surface area contributed by atoms with Gasteiger partial charge in [-0.15, -0.1) is 0 Å². The van der Waals surface area contributed by atoms with E-state index in [0.717, 1.165) is 5.56 Å². The van der Waals surface area contributed by atoms with Gasteiger partial charge in [-0.3, -0.25) is 9.69 Å². The molecule has 0 saturated carbocycles. The molecule has 0 aromatic heterocycles. The summed E-state index contributed by atoms with van der Waals surface area (Å²) < 4.78 is 24.8. The molecule has 0 bridgehead atoms. The lowest BCUT2D eigenvalue weighted by Crippen LogP contribution is -2.51. The number of piperazine rings is 1. The number of benzene rings is 1. The van der Waals surface area contributed by atoms with Gasteiger partial charge >= 0.3 is 12.1 Å². The molecule has 7 heteroatoms. The SMILES string of the molecule is CCOC(=O)C(C)(C)C#Cc1ccccc1C(CF)N1CCN(C(=O)OC(C)(C)C)CC1. The zero-order valence-corrected chi connectivity index (χ0v) is 20.0. The molecule has 2 rings (SSSR count). The molecule has 32 heavy (non-hydrogen) atoms. The van der Waals surface area contributed by atoms with Crippen molar-refractivity contribution >= 4 is 12.1 Å². The summed E-state index contributed by atoms with van der Waals surface area (Å²) in [6.45, 7) is 12.4. The van der Waals surface area contributed by atoms with Crippen molar-refractivity contribution in [3.8, 4) is 11.8 Å². The number of carbonyl (C=O) groups excluding carboxylic acids is 2. The van der Waals surface area contributed by atoms with E-state index < -0.39 is 23.7 Å². The van der Waals surface area contributed by atoms with E-state index in [-0.39, 0.29) is 12.1 Å². The first-order chi connectivity index (χ1) is 15.0. The van der Waals surface area contributed by atoms with Crippen LogP contribution in [0.15, 0.2) is 24.3 Å². The van der Waals surface area contributed by atoms with Crippen LogP contribution < -0.4 is 0 Å². The van der Waals surface area contributed by atoms with Gasteiger partial charge in [0.2, 0.25) is 0 Å². The lowest BCUT2D eigenvalue weighted by molar-refractivity contribution is -0.150. The molecule has 0 N–H and O–H groups in total. The maximum Gasteiger partial charge on any atom is 0.410 e. The molecule has 1 fully saturated rings. The third kappa shape index (κ3) is 6.96. The highest BCUT2D eigenvalue weighted by Gasteiger charge is 2.31. The van der Waals surface area contributed by atoms with Crippen molar-refractivity contribution < 1.29 is 23.5 Å². The minimum absolute atomic E-state index is 0.291. The Kier molecular flexibility index (Phi) is 8.68. The summed E-state index contributed by atoms with van der Waals surface area (Å²) in [5.74, 6) is 5.68. The Morgan fingerprint density at radius 1 is 1.09 bits per heavy atom. The number of hydrogen-bond donors (Lipinski definition) is 0. The van der Waals surface area contributed by atoms with Gasteiger partial charge < -0.3 is 14.4 Å². The van der Waals surface area contributed by atoms with E-state index in [9.17, 15) is 14.0 Å². The van der Waals surface area contributed by atoms with E-state index >= 15 is 0 Å². The van der Waals surface area contributed by atoms with Crippen LogP contribution >= 0.6 is 0 Å². The third-order valence-corrected chi connectivity index (χ3v) is 5.17. The summed E-state index contributed by atoms with van der Waals surface area (Å²) in [6.07, 6.45) is -0.346. The molecule has 176 valence electrons. The predicted molar refractivity (Wildman–Crippen MR) is 122 cm³/mol. The molecule has 1 saturated heterocycles. The van der Waals surface area contributed by atoms with Crippen LogP contribution in [0.1, 0.15) is 58.7 Å². The van der Waals surface area contributed by atoms with E-state index in [1.807, 2.05) is 49.9 Å². The smallest absolute Gasteiger partial charge is 0.410 e. The van der Waals surface area contributed by atoms with Gasteiger partial charge in [-0.05, 0) is 53.2 Å². The molecule has 1 aromatic carbocycles. The lowest BCUT2D eigenvalue weighted by Gasteiger charge is -2.39. The number of amides is 1. The van der Waals surface area contributed by atoms with Crippen LogP contribution in [-0.2, 0) is 14.3 Å². The molecule has 1 aliphatic rings. The molecule has 1 aliphatic heterocycles. The first-order valence-electron chi connectivity index (χ1n) is 11.1. The first kappa shape index (κ1) is 25.7. The number of carbonyl (C=O) groups is 2. The number of halogens is 1. The van der Waals surface area contributed by atoms with Crippen LogP contribution in [0.25, 0.3) is 0 Å². The summed E-state index contributed by atoms with van der Waals surface area (Å²) in [7, 11) is 0. The number of alkyl halides is 1. The monoisotopic (exact) mass is 446 g/mol. The molecule has 1 aromatic rings. The molecular weight excluding hydrogens is 411 g/mol. The van der Waals surface area contributed by atoms with Gasteiger partial charge in [0, 0.05) is 31.7 Å². The number of nitrogens with zero attached hydrogens (tertiary/aromatic N) is 2. The molecule has 6 nitrogen and oxygen atoms in total. The van der Waals surface area contributed by atoms with Crippen molar-refractivity contribution in [3.05, 3.63) is 35.4 Å².